The second kappa shape index (κ2) is 4.04. The maximum absolute atomic E-state index is 6.18. The summed E-state index contributed by atoms with van der Waals surface area (Å²) in [5, 5.41) is 5.58. The summed E-state index contributed by atoms with van der Waals surface area (Å²) in [6, 6.07) is 4.12. The Balaban J connectivity index is 2.20. The van der Waals surface area contributed by atoms with Crippen LogP contribution < -0.4 is 5.32 Å². The first-order valence-electron chi connectivity index (χ1n) is 6.16. The van der Waals surface area contributed by atoms with Gasteiger partial charge in [-0.1, -0.05) is 17.7 Å². The van der Waals surface area contributed by atoms with Crippen LogP contribution in [0.4, 0.5) is 0 Å². The second-order valence-electron chi connectivity index (χ2n) is 4.95. The van der Waals surface area contributed by atoms with E-state index in [4.69, 9.17) is 11.6 Å². The number of fused-ring (bicyclic) bond motifs is 1. The number of benzene rings is 1. The third-order valence-electron chi connectivity index (χ3n) is 3.94. The summed E-state index contributed by atoms with van der Waals surface area (Å²) in [5.41, 5.74) is 5.13. The van der Waals surface area contributed by atoms with E-state index < -0.39 is 0 Å². The maximum Gasteiger partial charge on any atom is 0.0503 e. The van der Waals surface area contributed by atoms with Gasteiger partial charge >= 0.3 is 0 Å². The molecule has 0 radical (unpaired) electrons. The molecule has 0 bridgehead atoms. The number of hydrogen-bond acceptors (Lipinski definition) is 1. The molecule has 1 aliphatic rings. The van der Waals surface area contributed by atoms with Crippen LogP contribution in [-0.2, 0) is 0 Å². The molecule has 1 aliphatic heterocycles. The van der Waals surface area contributed by atoms with Crippen molar-refractivity contribution in [3.63, 3.8) is 0 Å². The lowest BCUT2D eigenvalue weighted by molar-refractivity contribution is 0.737. The normalized spacial score (nSPS) is 20.3. The molecule has 2 N–H and O–H groups in total. The van der Waals surface area contributed by atoms with Gasteiger partial charge in [-0.05, 0) is 44.0 Å². The lowest BCUT2D eigenvalue weighted by Gasteiger charge is -2.07. The zero-order valence-corrected chi connectivity index (χ0v) is 11.0. The van der Waals surface area contributed by atoms with E-state index in [0.717, 1.165) is 23.7 Å². The first-order chi connectivity index (χ1) is 8.18. The molecule has 3 rings (SSSR count). The first-order valence-corrected chi connectivity index (χ1v) is 6.54. The van der Waals surface area contributed by atoms with Crippen LogP contribution in [0.5, 0.6) is 0 Å². The molecule has 0 aliphatic carbocycles. The Morgan fingerprint density at radius 3 is 2.76 bits per heavy atom. The molecule has 3 heteroatoms. The summed E-state index contributed by atoms with van der Waals surface area (Å²) in [6.45, 7) is 6.50. The van der Waals surface area contributed by atoms with Crippen LogP contribution in [0, 0.1) is 13.8 Å². The average molecular weight is 249 g/mol. The van der Waals surface area contributed by atoms with Crippen molar-refractivity contribution in [2.45, 2.75) is 26.2 Å². The van der Waals surface area contributed by atoms with Crippen LogP contribution in [0.1, 0.15) is 29.2 Å². The van der Waals surface area contributed by atoms with Gasteiger partial charge in [-0.15, -0.1) is 0 Å². The van der Waals surface area contributed by atoms with E-state index in [1.807, 2.05) is 6.07 Å². The lowest BCUT2D eigenvalue weighted by atomic mass is 10.0. The van der Waals surface area contributed by atoms with Gasteiger partial charge in [-0.25, -0.2) is 0 Å². The second-order valence-corrected chi connectivity index (χ2v) is 5.36. The molecule has 0 saturated carbocycles. The molecule has 2 nitrogen and oxygen atoms in total. The lowest BCUT2D eigenvalue weighted by Crippen LogP contribution is -2.08. The van der Waals surface area contributed by atoms with Crippen LogP contribution in [-0.4, -0.2) is 18.1 Å². The van der Waals surface area contributed by atoms with Gasteiger partial charge < -0.3 is 10.3 Å². The number of aryl methyl sites for hydroxylation is 2. The van der Waals surface area contributed by atoms with Crippen molar-refractivity contribution >= 4 is 22.5 Å². The highest BCUT2D eigenvalue weighted by atomic mass is 35.5. The van der Waals surface area contributed by atoms with E-state index in [-0.39, 0.29) is 0 Å². The standard InChI is InChI=1S/C14H17ClN2/c1-8-11-3-4-12(15)9(2)14(11)17-13(8)10-5-6-16-7-10/h3-4,10,16-17H,5-7H2,1-2H3. The number of rotatable bonds is 1. The summed E-state index contributed by atoms with van der Waals surface area (Å²) in [5.74, 6) is 0.626. The summed E-state index contributed by atoms with van der Waals surface area (Å²) < 4.78 is 0. The van der Waals surface area contributed by atoms with Crippen LogP contribution in [0.3, 0.4) is 0 Å². The summed E-state index contributed by atoms with van der Waals surface area (Å²) in [6.07, 6.45) is 1.22. The fraction of sp³-hybridized carbons (Fsp3) is 0.429. The van der Waals surface area contributed by atoms with Crippen LogP contribution in [0.2, 0.25) is 5.02 Å². The topological polar surface area (TPSA) is 27.8 Å². The fourth-order valence-electron chi connectivity index (χ4n) is 2.84. The quantitative estimate of drug-likeness (QED) is 0.794. The number of hydrogen-bond donors (Lipinski definition) is 2. The van der Waals surface area contributed by atoms with Crippen molar-refractivity contribution in [2.75, 3.05) is 13.1 Å². The number of nitrogens with one attached hydrogen (secondary N) is 2. The minimum atomic E-state index is 0.626. The van der Waals surface area contributed by atoms with Crippen LogP contribution in [0.25, 0.3) is 10.9 Å². The van der Waals surface area contributed by atoms with Gasteiger partial charge in [0.25, 0.3) is 0 Å². The largest absolute Gasteiger partial charge is 0.358 e. The molecule has 1 aromatic heterocycles. The van der Waals surface area contributed by atoms with Gasteiger partial charge in [0.05, 0.1) is 5.52 Å². The third-order valence-corrected chi connectivity index (χ3v) is 4.34. The summed E-state index contributed by atoms with van der Waals surface area (Å²) in [4.78, 5) is 3.59. The van der Waals surface area contributed by atoms with E-state index in [0.29, 0.717) is 5.92 Å². The predicted octanol–water partition coefficient (Wildman–Crippen LogP) is 3.52. The SMILES string of the molecule is Cc1c(C2CCNC2)[nH]c2c(C)c(Cl)ccc12. The average Bonchev–Trinajstić information content (AvgIpc) is 2.92. The Hall–Kier alpha value is -0.990. The van der Waals surface area contributed by atoms with Gasteiger partial charge in [-0.2, -0.15) is 0 Å². The molecular weight excluding hydrogens is 232 g/mol. The number of aromatic nitrogens is 1. The van der Waals surface area contributed by atoms with Gasteiger partial charge in [0.15, 0.2) is 0 Å². The summed E-state index contributed by atoms with van der Waals surface area (Å²) in [7, 11) is 0. The van der Waals surface area contributed by atoms with Gasteiger partial charge in [-0.3, -0.25) is 0 Å². The van der Waals surface area contributed by atoms with Gasteiger partial charge in [0.2, 0.25) is 0 Å². The third kappa shape index (κ3) is 1.67. The molecule has 0 amide bonds. The molecule has 1 aromatic carbocycles. The molecule has 90 valence electrons. The van der Waals surface area contributed by atoms with Crippen molar-refractivity contribution in [3.8, 4) is 0 Å². The zero-order chi connectivity index (χ0) is 12.0. The molecule has 17 heavy (non-hydrogen) atoms. The van der Waals surface area contributed by atoms with E-state index in [2.05, 4.69) is 30.2 Å². The molecule has 0 spiro atoms. The van der Waals surface area contributed by atoms with Crippen molar-refractivity contribution in [2.24, 2.45) is 0 Å². The molecular formula is C14H17ClN2. The van der Waals surface area contributed by atoms with E-state index >= 15 is 0 Å². The van der Waals surface area contributed by atoms with E-state index in [1.165, 1.54) is 28.6 Å². The fourth-order valence-corrected chi connectivity index (χ4v) is 3.00. The molecule has 1 unspecified atom stereocenters. The van der Waals surface area contributed by atoms with Crippen molar-refractivity contribution in [3.05, 3.63) is 34.0 Å². The summed E-state index contributed by atoms with van der Waals surface area (Å²) >= 11 is 6.18. The Bertz CT molecular complexity index is 565. The Labute approximate surface area is 106 Å². The molecule has 2 heterocycles. The number of halogens is 1. The van der Waals surface area contributed by atoms with Gasteiger partial charge in [0.1, 0.15) is 0 Å². The zero-order valence-electron chi connectivity index (χ0n) is 10.2. The smallest absolute Gasteiger partial charge is 0.0503 e. The molecule has 1 fully saturated rings. The van der Waals surface area contributed by atoms with Crippen LogP contribution >= 0.6 is 11.6 Å². The predicted molar refractivity (Wildman–Crippen MR) is 73.0 cm³/mol. The number of H-pyrrole nitrogens is 1. The first kappa shape index (κ1) is 11.1. The molecule has 1 saturated heterocycles. The molecule has 1 atom stereocenters. The Morgan fingerprint density at radius 2 is 2.06 bits per heavy atom. The van der Waals surface area contributed by atoms with Crippen molar-refractivity contribution < 1.29 is 0 Å². The van der Waals surface area contributed by atoms with E-state index in [9.17, 15) is 0 Å². The monoisotopic (exact) mass is 248 g/mol. The van der Waals surface area contributed by atoms with Gasteiger partial charge in [0, 0.05) is 28.6 Å². The van der Waals surface area contributed by atoms with Crippen molar-refractivity contribution in [1.82, 2.24) is 10.3 Å². The highest BCUT2D eigenvalue weighted by molar-refractivity contribution is 6.32. The maximum atomic E-state index is 6.18. The molecule has 2 aromatic rings. The highest BCUT2D eigenvalue weighted by Gasteiger charge is 2.21. The van der Waals surface area contributed by atoms with E-state index in [1.54, 1.807) is 0 Å². The minimum Gasteiger partial charge on any atom is -0.358 e. The number of aromatic amines is 1. The van der Waals surface area contributed by atoms with Crippen LogP contribution in [0.15, 0.2) is 12.1 Å². The Morgan fingerprint density at radius 1 is 1.24 bits per heavy atom. The van der Waals surface area contributed by atoms with Crippen molar-refractivity contribution in [1.29, 1.82) is 0 Å². The minimum absolute atomic E-state index is 0.626. The Kier molecular flexibility index (Phi) is 2.64. The highest BCUT2D eigenvalue weighted by Crippen LogP contribution is 2.33.